The summed E-state index contributed by atoms with van der Waals surface area (Å²) in [6, 6.07) is 15.3. The van der Waals surface area contributed by atoms with E-state index in [9.17, 15) is 4.79 Å². The molecule has 0 radical (unpaired) electrons. The van der Waals surface area contributed by atoms with E-state index in [0.29, 0.717) is 21.6 Å². The highest BCUT2D eigenvalue weighted by atomic mass is 32.2. The highest BCUT2D eigenvalue weighted by Gasteiger charge is 2.22. The van der Waals surface area contributed by atoms with Crippen LogP contribution < -0.4 is 5.43 Å². The topological polar surface area (TPSA) is 43.1 Å². The Labute approximate surface area is 137 Å². The van der Waals surface area contributed by atoms with Crippen LogP contribution in [0.1, 0.15) is 13.3 Å². The van der Waals surface area contributed by atoms with Crippen molar-refractivity contribution in [2.45, 2.75) is 18.2 Å². The Kier molecular flexibility index (Phi) is 3.54. The fourth-order valence-electron chi connectivity index (χ4n) is 2.75. The van der Waals surface area contributed by atoms with Crippen molar-refractivity contribution < 1.29 is 4.42 Å². The molecule has 0 atom stereocenters. The molecule has 0 bridgehead atoms. The van der Waals surface area contributed by atoms with E-state index in [0.717, 1.165) is 28.8 Å². The average Bonchev–Trinajstić information content (AvgIpc) is 2.60. The summed E-state index contributed by atoms with van der Waals surface area (Å²) in [6.45, 7) is 2.10. The lowest BCUT2D eigenvalue weighted by atomic mass is 10.0. The van der Waals surface area contributed by atoms with Gasteiger partial charge in [0, 0.05) is 10.8 Å². The lowest BCUT2D eigenvalue weighted by Gasteiger charge is -2.13. The molecule has 114 valence electrons. The SMILES string of the molecule is CCCSc1c2oc3ccccc3nc-2c2ccccc2c1=O. The monoisotopic (exact) mass is 321 g/mol. The highest BCUT2D eigenvalue weighted by Crippen LogP contribution is 2.36. The van der Waals surface area contributed by atoms with Gasteiger partial charge in [-0.3, -0.25) is 4.79 Å². The average molecular weight is 321 g/mol. The van der Waals surface area contributed by atoms with Gasteiger partial charge >= 0.3 is 0 Å². The van der Waals surface area contributed by atoms with Gasteiger partial charge < -0.3 is 4.42 Å². The molecule has 1 aliphatic heterocycles. The van der Waals surface area contributed by atoms with Crippen LogP contribution in [0.2, 0.25) is 0 Å². The number of hydrogen-bond donors (Lipinski definition) is 0. The van der Waals surface area contributed by atoms with Crippen molar-refractivity contribution in [2.24, 2.45) is 0 Å². The third kappa shape index (κ3) is 2.30. The number of para-hydroxylation sites is 2. The maximum absolute atomic E-state index is 12.9. The maximum Gasteiger partial charge on any atom is 0.203 e. The molecule has 4 rings (SSSR count). The maximum atomic E-state index is 12.9. The first-order valence-electron chi connectivity index (χ1n) is 7.66. The Hall–Kier alpha value is -2.33. The van der Waals surface area contributed by atoms with Crippen LogP contribution >= 0.6 is 11.8 Å². The summed E-state index contributed by atoms with van der Waals surface area (Å²) >= 11 is 1.55. The molecule has 0 saturated carbocycles. The summed E-state index contributed by atoms with van der Waals surface area (Å²) < 4.78 is 6.08. The molecule has 1 heterocycles. The van der Waals surface area contributed by atoms with Crippen LogP contribution in [0.25, 0.3) is 33.3 Å². The minimum atomic E-state index is 0.0346. The third-order valence-electron chi connectivity index (χ3n) is 3.81. The van der Waals surface area contributed by atoms with Crippen LogP contribution in [0.3, 0.4) is 0 Å². The molecule has 23 heavy (non-hydrogen) atoms. The second kappa shape index (κ2) is 5.70. The molecule has 0 saturated heterocycles. The molecular formula is C19H15NO2S. The van der Waals surface area contributed by atoms with Crippen molar-refractivity contribution in [1.29, 1.82) is 0 Å². The minimum Gasteiger partial charge on any atom is -0.451 e. The lowest BCUT2D eigenvalue weighted by molar-refractivity contribution is 0.601. The number of nitrogens with zero attached hydrogens (tertiary/aromatic N) is 1. The molecule has 0 N–H and O–H groups in total. The van der Waals surface area contributed by atoms with E-state index in [1.54, 1.807) is 11.8 Å². The molecule has 2 aromatic rings. The van der Waals surface area contributed by atoms with Crippen LogP contribution in [0, 0.1) is 0 Å². The zero-order chi connectivity index (χ0) is 15.8. The first kappa shape index (κ1) is 14.3. The summed E-state index contributed by atoms with van der Waals surface area (Å²) in [5.41, 5.74) is 2.30. The Balaban J connectivity index is 2.18. The van der Waals surface area contributed by atoms with E-state index < -0.39 is 0 Å². The zero-order valence-corrected chi connectivity index (χ0v) is 13.5. The van der Waals surface area contributed by atoms with Crippen molar-refractivity contribution in [3.8, 4) is 11.5 Å². The van der Waals surface area contributed by atoms with Gasteiger partial charge in [0.1, 0.15) is 16.1 Å². The number of aromatic nitrogens is 1. The van der Waals surface area contributed by atoms with Crippen molar-refractivity contribution in [2.75, 3.05) is 5.75 Å². The predicted molar refractivity (Wildman–Crippen MR) is 95.4 cm³/mol. The van der Waals surface area contributed by atoms with Gasteiger partial charge in [0.15, 0.2) is 11.3 Å². The zero-order valence-electron chi connectivity index (χ0n) is 12.7. The third-order valence-corrected chi connectivity index (χ3v) is 5.09. The van der Waals surface area contributed by atoms with Gasteiger partial charge in [-0.1, -0.05) is 43.3 Å². The molecule has 4 heteroatoms. The molecule has 2 aliphatic rings. The van der Waals surface area contributed by atoms with Gasteiger partial charge in [-0.25, -0.2) is 4.98 Å². The molecule has 1 aliphatic carbocycles. The quantitative estimate of drug-likeness (QED) is 0.304. The largest absolute Gasteiger partial charge is 0.451 e. The fraction of sp³-hybridized carbons (Fsp3) is 0.158. The first-order chi connectivity index (χ1) is 11.3. The van der Waals surface area contributed by atoms with Gasteiger partial charge in [-0.15, -0.1) is 11.8 Å². The minimum absolute atomic E-state index is 0.0346. The normalized spacial score (nSPS) is 11.5. The van der Waals surface area contributed by atoms with Gasteiger partial charge in [-0.2, -0.15) is 0 Å². The smallest absolute Gasteiger partial charge is 0.203 e. The van der Waals surface area contributed by atoms with E-state index in [1.165, 1.54) is 0 Å². The molecular weight excluding hydrogens is 306 g/mol. The van der Waals surface area contributed by atoms with E-state index in [1.807, 2.05) is 48.5 Å². The summed E-state index contributed by atoms with van der Waals surface area (Å²) in [7, 11) is 0. The van der Waals surface area contributed by atoms with Crippen LogP contribution in [0.4, 0.5) is 0 Å². The second-order valence-electron chi connectivity index (χ2n) is 5.41. The van der Waals surface area contributed by atoms with E-state index in [-0.39, 0.29) is 5.43 Å². The van der Waals surface area contributed by atoms with Gasteiger partial charge in [-0.05, 0) is 24.3 Å². The standard InChI is InChI=1S/C19H15NO2S/c1-2-11-23-19-17(21)13-8-4-3-7-12(13)16-18(19)22-15-10-6-5-9-14(15)20-16/h3-10H,2,11H2,1H3. The lowest BCUT2D eigenvalue weighted by Crippen LogP contribution is -2.09. The molecule has 3 nitrogen and oxygen atoms in total. The highest BCUT2D eigenvalue weighted by molar-refractivity contribution is 7.99. The predicted octanol–water partition coefficient (Wildman–Crippen LogP) is 4.95. The first-order valence-corrected chi connectivity index (χ1v) is 8.65. The van der Waals surface area contributed by atoms with Crippen LogP contribution in [0.5, 0.6) is 0 Å². The van der Waals surface area contributed by atoms with Gasteiger partial charge in [0.05, 0.1) is 0 Å². The van der Waals surface area contributed by atoms with Gasteiger partial charge in [0.25, 0.3) is 0 Å². The fourth-order valence-corrected chi connectivity index (χ4v) is 3.67. The summed E-state index contributed by atoms with van der Waals surface area (Å²) in [6.07, 6.45) is 0.999. The molecule has 0 fully saturated rings. The van der Waals surface area contributed by atoms with E-state index in [4.69, 9.17) is 9.40 Å². The number of hydrogen-bond acceptors (Lipinski definition) is 4. The van der Waals surface area contributed by atoms with Crippen LogP contribution in [-0.4, -0.2) is 10.7 Å². The summed E-state index contributed by atoms with van der Waals surface area (Å²) in [5.74, 6) is 1.48. The van der Waals surface area contributed by atoms with Gasteiger partial charge in [0.2, 0.25) is 5.43 Å². The van der Waals surface area contributed by atoms with Crippen molar-refractivity contribution in [3.05, 3.63) is 58.8 Å². The van der Waals surface area contributed by atoms with Crippen molar-refractivity contribution in [1.82, 2.24) is 4.98 Å². The van der Waals surface area contributed by atoms with E-state index >= 15 is 0 Å². The Morgan fingerprint density at radius 2 is 1.78 bits per heavy atom. The summed E-state index contributed by atoms with van der Waals surface area (Å²) in [5, 5.41) is 1.56. The van der Waals surface area contributed by atoms with Crippen molar-refractivity contribution >= 4 is 33.6 Å². The Bertz CT molecular complexity index is 1040. The molecule has 2 aromatic carbocycles. The molecule has 0 amide bonds. The van der Waals surface area contributed by atoms with Crippen LogP contribution in [-0.2, 0) is 0 Å². The Morgan fingerprint density at radius 3 is 2.61 bits per heavy atom. The molecule has 0 spiro atoms. The molecule has 0 unspecified atom stereocenters. The Morgan fingerprint density at radius 1 is 1.04 bits per heavy atom. The summed E-state index contributed by atoms with van der Waals surface area (Å²) in [4.78, 5) is 18.3. The van der Waals surface area contributed by atoms with Crippen LogP contribution in [0.15, 0.2) is 62.6 Å². The van der Waals surface area contributed by atoms with Crippen molar-refractivity contribution in [3.63, 3.8) is 0 Å². The molecule has 0 aromatic heterocycles. The second-order valence-corrected chi connectivity index (χ2v) is 6.52. The number of benzene rings is 3. The van der Waals surface area contributed by atoms with E-state index in [2.05, 4.69) is 6.92 Å². The number of thioether (sulfide) groups is 1. The number of fused-ring (bicyclic) bond motifs is 4. The number of rotatable bonds is 3.